The van der Waals surface area contributed by atoms with E-state index in [9.17, 15) is 13.2 Å². The smallest absolute Gasteiger partial charge is 0.232 e. The first kappa shape index (κ1) is 22.0. The van der Waals surface area contributed by atoms with Gasteiger partial charge in [0.2, 0.25) is 15.9 Å². The minimum atomic E-state index is -3.41. The summed E-state index contributed by atoms with van der Waals surface area (Å²) >= 11 is 0. The highest BCUT2D eigenvalue weighted by atomic mass is 32.2. The van der Waals surface area contributed by atoms with E-state index < -0.39 is 10.0 Å². The van der Waals surface area contributed by atoms with Crippen LogP contribution < -0.4 is 9.62 Å². The molecule has 28 heavy (non-hydrogen) atoms. The van der Waals surface area contributed by atoms with E-state index in [0.29, 0.717) is 12.1 Å². The topological polar surface area (TPSA) is 66.5 Å². The van der Waals surface area contributed by atoms with Gasteiger partial charge in [-0.1, -0.05) is 43.3 Å². The molecule has 0 saturated carbocycles. The Hall–Kier alpha value is -2.34. The van der Waals surface area contributed by atoms with Gasteiger partial charge in [0, 0.05) is 13.0 Å². The normalized spacial score (nSPS) is 12.4. The monoisotopic (exact) mass is 402 g/mol. The second-order valence-corrected chi connectivity index (χ2v) is 9.05. The molecule has 2 rings (SSSR count). The fourth-order valence-electron chi connectivity index (χ4n) is 3.12. The predicted molar refractivity (Wildman–Crippen MR) is 115 cm³/mol. The Bertz CT molecular complexity index is 895. The number of benzene rings is 2. The van der Waals surface area contributed by atoms with Gasteiger partial charge in [-0.3, -0.25) is 9.10 Å². The molecule has 1 amide bonds. The zero-order chi connectivity index (χ0) is 20.7. The molecule has 0 radical (unpaired) electrons. The highest BCUT2D eigenvalue weighted by molar-refractivity contribution is 7.92. The molecule has 0 fully saturated rings. The van der Waals surface area contributed by atoms with Gasteiger partial charge in [-0.25, -0.2) is 8.42 Å². The highest BCUT2D eigenvalue weighted by Crippen LogP contribution is 2.22. The second-order valence-electron chi connectivity index (χ2n) is 7.15. The summed E-state index contributed by atoms with van der Waals surface area (Å²) in [6.07, 6.45) is 2.73. The summed E-state index contributed by atoms with van der Waals surface area (Å²) in [5.74, 6) is -0.0655. The number of nitrogens with one attached hydrogen (secondary N) is 1. The first-order valence-electron chi connectivity index (χ1n) is 9.61. The third-order valence-electron chi connectivity index (χ3n) is 4.89. The van der Waals surface area contributed by atoms with Crippen molar-refractivity contribution in [1.82, 2.24) is 5.32 Å². The van der Waals surface area contributed by atoms with Gasteiger partial charge >= 0.3 is 0 Å². The van der Waals surface area contributed by atoms with Crippen LogP contribution >= 0.6 is 0 Å². The zero-order valence-corrected chi connectivity index (χ0v) is 17.9. The van der Waals surface area contributed by atoms with Crippen molar-refractivity contribution in [3.8, 4) is 0 Å². The molecule has 2 aromatic carbocycles. The van der Waals surface area contributed by atoms with E-state index in [-0.39, 0.29) is 24.9 Å². The maximum absolute atomic E-state index is 12.4. The molecule has 0 spiro atoms. The van der Waals surface area contributed by atoms with Crippen molar-refractivity contribution in [3.63, 3.8) is 0 Å². The summed E-state index contributed by atoms with van der Waals surface area (Å²) in [6, 6.07) is 15.4. The number of carbonyl (C=O) groups is 1. The number of carbonyl (C=O) groups excluding carboxylic acids is 1. The summed E-state index contributed by atoms with van der Waals surface area (Å²) < 4.78 is 25.9. The number of anilines is 1. The largest absolute Gasteiger partial charge is 0.349 e. The summed E-state index contributed by atoms with van der Waals surface area (Å²) in [5, 5.41) is 3.04. The number of sulfonamides is 1. The van der Waals surface area contributed by atoms with Gasteiger partial charge < -0.3 is 5.32 Å². The summed E-state index contributed by atoms with van der Waals surface area (Å²) in [6.45, 7) is 6.26. The molecule has 5 nitrogen and oxygen atoms in total. The van der Waals surface area contributed by atoms with Crippen LogP contribution in [0, 0.1) is 13.8 Å². The number of amides is 1. The van der Waals surface area contributed by atoms with Crippen molar-refractivity contribution in [3.05, 3.63) is 65.2 Å². The van der Waals surface area contributed by atoms with Crippen molar-refractivity contribution in [2.75, 3.05) is 17.1 Å². The van der Waals surface area contributed by atoms with E-state index in [0.717, 1.165) is 23.1 Å². The molecule has 0 unspecified atom stereocenters. The number of hydrogen-bond acceptors (Lipinski definition) is 3. The van der Waals surface area contributed by atoms with Crippen LogP contribution in [0.3, 0.4) is 0 Å². The van der Waals surface area contributed by atoms with Crippen LogP contribution in [0.1, 0.15) is 48.9 Å². The summed E-state index contributed by atoms with van der Waals surface area (Å²) in [4.78, 5) is 12.4. The molecule has 2 aromatic rings. The van der Waals surface area contributed by atoms with Gasteiger partial charge in [0.25, 0.3) is 0 Å². The molecule has 1 N–H and O–H groups in total. The van der Waals surface area contributed by atoms with Gasteiger partial charge in [-0.15, -0.1) is 0 Å². The summed E-state index contributed by atoms with van der Waals surface area (Å²) in [7, 11) is -3.41. The van der Waals surface area contributed by atoms with Crippen LogP contribution in [-0.2, 0) is 14.8 Å². The Morgan fingerprint density at radius 1 is 1.07 bits per heavy atom. The Morgan fingerprint density at radius 3 is 2.32 bits per heavy atom. The lowest BCUT2D eigenvalue weighted by atomic mass is 10.0. The van der Waals surface area contributed by atoms with Crippen LogP contribution in [0.5, 0.6) is 0 Å². The van der Waals surface area contributed by atoms with Crippen LogP contribution in [0.2, 0.25) is 0 Å². The Morgan fingerprint density at radius 2 is 1.75 bits per heavy atom. The molecule has 0 bridgehead atoms. The Balaban J connectivity index is 1.98. The molecule has 0 aliphatic carbocycles. The summed E-state index contributed by atoms with van der Waals surface area (Å²) in [5.41, 5.74) is 3.87. The average Bonchev–Trinajstić information content (AvgIpc) is 2.65. The lowest BCUT2D eigenvalue weighted by molar-refractivity contribution is -0.121. The van der Waals surface area contributed by atoms with E-state index in [4.69, 9.17) is 0 Å². The SMILES string of the molecule is CC[C@H](NC(=O)CCCN(c1ccc(C)c(C)c1)S(C)(=O)=O)c1ccccc1. The fraction of sp³-hybridized carbons (Fsp3) is 0.409. The number of hydrogen-bond donors (Lipinski definition) is 1. The van der Waals surface area contributed by atoms with E-state index in [1.54, 1.807) is 0 Å². The third kappa shape index (κ3) is 6.09. The van der Waals surface area contributed by atoms with Crippen LogP contribution in [0.15, 0.2) is 48.5 Å². The second kappa shape index (κ2) is 9.73. The van der Waals surface area contributed by atoms with Crippen LogP contribution in [-0.4, -0.2) is 27.1 Å². The minimum Gasteiger partial charge on any atom is -0.349 e. The number of nitrogens with zero attached hydrogens (tertiary/aromatic N) is 1. The van der Waals surface area contributed by atoms with Crippen molar-refractivity contribution in [2.45, 2.75) is 46.1 Å². The first-order valence-corrected chi connectivity index (χ1v) is 11.5. The lowest BCUT2D eigenvalue weighted by Gasteiger charge is -2.23. The lowest BCUT2D eigenvalue weighted by Crippen LogP contribution is -2.33. The van der Waals surface area contributed by atoms with E-state index in [1.165, 1.54) is 10.6 Å². The van der Waals surface area contributed by atoms with Gasteiger partial charge in [0.05, 0.1) is 18.0 Å². The van der Waals surface area contributed by atoms with Crippen LogP contribution in [0.25, 0.3) is 0 Å². The van der Waals surface area contributed by atoms with Crippen molar-refractivity contribution >= 4 is 21.6 Å². The minimum absolute atomic E-state index is 0.0283. The molecule has 152 valence electrons. The number of rotatable bonds is 9. The fourth-order valence-corrected chi connectivity index (χ4v) is 4.08. The molecule has 0 heterocycles. The standard InChI is InChI=1S/C22H30N2O3S/c1-5-21(19-10-7-6-8-11-19)23-22(25)12-9-15-24(28(4,26)27)20-14-13-17(2)18(3)16-20/h6-8,10-11,13-14,16,21H,5,9,12,15H2,1-4H3,(H,23,25)/t21-/m0/s1. The molecule has 0 aliphatic rings. The maximum Gasteiger partial charge on any atom is 0.232 e. The molecule has 0 aliphatic heterocycles. The molecule has 6 heteroatoms. The molecular formula is C22H30N2O3S. The van der Waals surface area contributed by atoms with E-state index in [2.05, 4.69) is 5.32 Å². The van der Waals surface area contributed by atoms with Gasteiger partial charge in [0.1, 0.15) is 0 Å². The predicted octanol–water partition coefficient (Wildman–Crippen LogP) is 4.12. The molecular weight excluding hydrogens is 372 g/mol. The average molecular weight is 403 g/mol. The molecule has 0 aromatic heterocycles. The van der Waals surface area contributed by atoms with Crippen molar-refractivity contribution in [2.24, 2.45) is 0 Å². The zero-order valence-electron chi connectivity index (χ0n) is 17.1. The molecule has 1 atom stereocenters. The Kier molecular flexibility index (Phi) is 7.63. The number of aryl methyl sites for hydroxylation is 2. The maximum atomic E-state index is 12.4. The molecule has 0 saturated heterocycles. The van der Waals surface area contributed by atoms with Gasteiger partial charge in [-0.2, -0.15) is 0 Å². The first-order chi connectivity index (χ1) is 13.2. The van der Waals surface area contributed by atoms with Crippen molar-refractivity contribution < 1.29 is 13.2 Å². The van der Waals surface area contributed by atoms with E-state index in [1.807, 2.05) is 69.3 Å². The van der Waals surface area contributed by atoms with Gasteiger partial charge in [0.15, 0.2) is 0 Å². The van der Waals surface area contributed by atoms with Gasteiger partial charge in [-0.05, 0) is 55.5 Å². The third-order valence-corrected chi connectivity index (χ3v) is 6.08. The van der Waals surface area contributed by atoms with E-state index >= 15 is 0 Å². The quantitative estimate of drug-likeness (QED) is 0.686. The van der Waals surface area contributed by atoms with Crippen LogP contribution in [0.4, 0.5) is 5.69 Å². The Labute approximate surface area is 168 Å². The van der Waals surface area contributed by atoms with Crippen molar-refractivity contribution in [1.29, 1.82) is 0 Å². The highest BCUT2D eigenvalue weighted by Gasteiger charge is 2.19.